The second-order valence-corrected chi connectivity index (χ2v) is 10.6. The van der Waals surface area contributed by atoms with Crippen LogP contribution in [0.25, 0.3) is 11.5 Å². The number of oxazole rings is 1. The van der Waals surface area contributed by atoms with Crippen LogP contribution in [0.3, 0.4) is 0 Å². The number of aromatic nitrogens is 1. The van der Waals surface area contributed by atoms with Crippen LogP contribution in [0.4, 0.5) is 4.39 Å². The molecular weight excluding hydrogens is 451 g/mol. The SMILES string of the molecule is Cc1cc(-c2ncco2)ccc1CN([C@@H]1CCCC[C@H]1CF)S(=O)(=O)c1ccc(Cl)cc1. The number of hydrogen-bond donors (Lipinski definition) is 0. The minimum atomic E-state index is -3.85. The molecule has 1 fully saturated rings. The van der Waals surface area contributed by atoms with Gasteiger partial charge in [-0.1, -0.05) is 30.5 Å². The zero-order chi connectivity index (χ0) is 22.7. The first-order valence-electron chi connectivity index (χ1n) is 10.7. The van der Waals surface area contributed by atoms with Gasteiger partial charge >= 0.3 is 0 Å². The molecular formula is C24H26ClFN2O3S. The second kappa shape index (κ2) is 9.73. The quantitative estimate of drug-likeness (QED) is 0.418. The summed E-state index contributed by atoms with van der Waals surface area (Å²) >= 11 is 5.97. The number of nitrogens with zero attached hydrogens (tertiary/aromatic N) is 2. The number of aryl methyl sites for hydroxylation is 1. The van der Waals surface area contributed by atoms with Crippen molar-refractivity contribution < 1.29 is 17.2 Å². The molecule has 32 heavy (non-hydrogen) atoms. The fourth-order valence-corrected chi connectivity index (χ4v) is 6.23. The van der Waals surface area contributed by atoms with Crippen molar-refractivity contribution >= 4 is 21.6 Å². The highest BCUT2D eigenvalue weighted by molar-refractivity contribution is 7.89. The normalized spacial score (nSPS) is 19.4. The average Bonchev–Trinajstić information content (AvgIpc) is 3.33. The van der Waals surface area contributed by atoms with Gasteiger partial charge in [0.2, 0.25) is 15.9 Å². The molecule has 0 N–H and O–H groups in total. The minimum absolute atomic E-state index is 0.166. The molecule has 2 atom stereocenters. The highest BCUT2D eigenvalue weighted by Crippen LogP contribution is 2.34. The van der Waals surface area contributed by atoms with Crippen molar-refractivity contribution in [1.82, 2.24) is 9.29 Å². The van der Waals surface area contributed by atoms with E-state index in [-0.39, 0.29) is 23.4 Å². The molecule has 2 aromatic carbocycles. The lowest BCUT2D eigenvalue weighted by atomic mass is 9.85. The van der Waals surface area contributed by atoms with Gasteiger partial charge in [-0.2, -0.15) is 4.31 Å². The summed E-state index contributed by atoms with van der Waals surface area (Å²) in [5.41, 5.74) is 2.60. The summed E-state index contributed by atoms with van der Waals surface area (Å²) in [7, 11) is -3.85. The third-order valence-corrected chi connectivity index (χ3v) is 8.34. The van der Waals surface area contributed by atoms with E-state index in [2.05, 4.69) is 4.98 Å². The van der Waals surface area contributed by atoms with E-state index >= 15 is 0 Å². The van der Waals surface area contributed by atoms with Gasteiger partial charge < -0.3 is 4.42 Å². The molecule has 4 rings (SSSR count). The first-order valence-corrected chi connectivity index (χ1v) is 12.5. The third-order valence-electron chi connectivity index (χ3n) is 6.21. The van der Waals surface area contributed by atoms with E-state index in [0.29, 0.717) is 23.8 Å². The Balaban J connectivity index is 1.72. The molecule has 1 aliphatic rings. The van der Waals surface area contributed by atoms with Crippen molar-refractivity contribution in [3.05, 3.63) is 71.1 Å². The number of alkyl halides is 1. The van der Waals surface area contributed by atoms with Gasteiger partial charge in [0.15, 0.2) is 0 Å². The Labute approximate surface area is 193 Å². The summed E-state index contributed by atoms with van der Waals surface area (Å²) in [6, 6.07) is 11.5. The van der Waals surface area contributed by atoms with Crippen molar-refractivity contribution in [2.24, 2.45) is 5.92 Å². The van der Waals surface area contributed by atoms with Gasteiger partial charge in [0.05, 0.1) is 17.8 Å². The zero-order valence-electron chi connectivity index (χ0n) is 17.9. The van der Waals surface area contributed by atoms with E-state index in [0.717, 1.165) is 29.5 Å². The zero-order valence-corrected chi connectivity index (χ0v) is 19.4. The molecule has 0 spiro atoms. The Morgan fingerprint density at radius 2 is 1.91 bits per heavy atom. The topological polar surface area (TPSA) is 63.4 Å². The predicted octanol–water partition coefficient (Wildman–Crippen LogP) is 6.02. The van der Waals surface area contributed by atoms with Gasteiger partial charge in [0.25, 0.3) is 0 Å². The maximum atomic E-state index is 13.9. The second-order valence-electron chi connectivity index (χ2n) is 8.25. The Morgan fingerprint density at radius 1 is 1.16 bits per heavy atom. The Morgan fingerprint density at radius 3 is 2.56 bits per heavy atom. The molecule has 0 saturated heterocycles. The third kappa shape index (κ3) is 4.75. The van der Waals surface area contributed by atoms with Gasteiger partial charge in [0, 0.05) is 29.1 Å². The fraction of sp³-hybridized carbons (Fsp3) is 0.375. The summed E-state index contributed by atoms with van der Waals surface area (Å²) in [6.07, 6.45) is 6.24. The molecule has 1 saturated carbocycles. The maximum absolute atomic E-state index is 13.9. The summed E-state index contributed by atoms with van der Waals surface area (Å²) in [6.45, 7) is 1.57. The number of rotatable bonds is 7. The van der Waals surface area contributed by atoms with E-state index in [1.807, 2.05) is 25.1 Å². The predicted molar refractivity (Wildman–Crippen MR) is 123 cm³/mol. The molecule has 1 aliphatic carbocycles. The van der Waals surface area contributed by atoms with Crippen LogP contribution in [-0.4, -0.2) is 30.4 Å². The molecule has 0 amide bonds. The van der Waals surface area contributed by atoms with Crippen molar-refractivity contribution in [1.29, 1.82) is 0 Å². The lowest BCUT2D eigenvalue weighted by molar-refractivity contribution is 0.147. The van der Waals surface area contributed by atoms with E-state index < -0.39 is 16.7 Å². The van der Waals surface area contributed by atoms with Crippen LogP contribution in [0, 0.1) is 12.8 Å². The number of hydrogen-bond acceptors (Lipinski definition) is 4. The summed E-state index contributed by atoms with van der Waals surface area (Å²) in [5.74, 6) is 0.202. The number of benzene rings is 2. The molecule has 1 aromatic heterocycles. The van der Waals surface area contributed by atoms with Crippen LogP contribution < -0.4 is 0 Å². The standard InChI is InChI=1S/C24H26ClFN2O3S/c1-17-14-18(24-27-12-13-31-24)6-7-20(17)16-28(23-5-3-2-4-19(23)15-26)32(29,30)22-10-8-21(25)9-11-22/h6-14,19,23H,2-5,15-16H2,1H3/t19-,23+/m0/s1. The first kappa shape index (κ1) is 23.0. The average molecular weight is 477 g/mol. The van der Waals surface area contributed by atoms with Crippen LogP contribution in [-0.2, 0) is 16.6 Å². The lowest BCUT2D eigenvalue weighted by Gasteiger charge is -2.38. The van der Waals surface area contributed by atoms with Crippen LogP contribution in [0.1, 0.15) is 36.8 Å². The van der Waals surface area contributed by atoms with E-state index in [1.54, 1.807) is 18.3 Å². The van der Waals surface area contributed by atoms with Gasteiger partial charge in [-0.3, -0.25) is 4.39 Å². The highest BCUT2D eigenvalue weighted by Gasteiger charge is 2.38. The largest absolute Gasteiger partial charge is 0.445 e. The monoisotopic (exact) mass is 476 g/mol. The van der Waals surface area contributed by atoms with Crippen LogP contribution in [0.2, 0.25) is 5.02 Å². The van der Waals surface area contributed by atoms with E-state index in [4.69, 9.17) is 16.0 Å². The molecule has 8 heteroatoms. The van der Waals surface area contributed by atoms with Crippen LogP contribution >= 0.6 is 11.6 Å². The Kier molecular flexibility index (Phi) is 6.98. The summed E-state index contributed by atoms with van der Waals surface area (Å²) in [4.78, 5) is 4.34. The number of sulfonamides is 1. The van der Waals surface area contributed by atoms with Crippen molar-refractivity contribution in [3.8, 4) is 11.5 Å². The van der Waals surface area contributed by atoms with Gasteiger partial charge in [0.1, 0.15) is 6.26 Å². The fourth-order valence-electron chi connectivity index (χ4n) is 4.41. The molecule has 0 bridgehead atoms. The molecule has 5 nitrogen and oxygen atoms in total. The summed E-state index contributed by atoms with van der Waals surface area (Å²) < 4.78 is 48.2. The van der Waals surface area contributed by atoms with Crippen LogP contribution in [0.15, 0.2) is 64.2 Å². The molecule has 3 aromatic rings. The van der Waals surface area contributed by atoms with Gasteiger partial charge in [-0.05, 0) is 67.3 Å². The van der Waals surface area contributed by atoms with Gasteiger partial charge in [-0.15, -0.1) is 0 Å². The van der Waals surface area contributed by atoms with Crippen molar-refractivity contribution in [2.45, 2.75) is 50.1 Å². The summed E-state index contributed by atoms with van der Waals surface area (Å²) in [5, 5.41) is 0.466. The molecule has 1 heterocycles. The smallest absolute Gasteiger partial charge is 0.243 e. The lowest BCUT2D eigenvalue weighted by Crippen LogP contribution is -2.46. The van der Waals surface area contributed by atoms with Crippen molar-refractivity contribution in [3.63, 3.8) is 0 Å². The minimum Gasteiger partial charge on any atom is -0.445 e. The van der Waals surface area contributed by atoms with Crippen LogP contribution in [0.5, 0.6) is 0 Å². The highest BCUT2D eigenvalue weighted by atomic mass is 35.5. The number of halogens is 2. The van der Waals surface area contributed by atoms with E-state index in [1.165, 1.54) is 22.7 Å². The molecule has 0 unspecified atom stereocenters. The molecule has 0 radical (unpaired) electrons. The van der Waals surface area contributed by atoms with Crippen molar-refractivity contribution in [2.75, 3.05) is 6.67 Å². The van der Waals surface area contributed by atoms with Gasteiger partial charge in [-0.25, -0.2) is 13.4 Å². The molecule has 0 aliphatic heterocycles. The molecule has 170 valence electrons. The first-order chi connectivity index (χ1) is 15.4. The maximum Gasteiger partial charge on any atom is 0.243 e. The Hall–Kier alpha value is -2.22. The Bertz CT molecular complexity index is 1150. The van der Waals surface area contributed by atoms with E-state index in [9.17, 15) is 12.8 Å².